The van der Waals surface area contributed by atoms with E-state index < -0.39 is 7.75 Å². The van der Waals surface area contributed by atoms with Crippen molar-refractivity contribution in [3.8, 4) is 5.75 Å². The van der Waals surface area contributed by atoms with Crippen LogP contribution in [0.3, 0.4) is 0 Å². The Balaban J connectivity index is 2.05. The van der Waals surface area contributed by atoms with Crippen molar-refractivity contribution in [2.24, 2.45) is 11.8 Å². The molecule has 4 rings (SSSR count). The lowest BCUT2D eigenvalue weighted by Crippen LogP contribution is -2.50. The predicted molar refractivity (Wildman–Crippen MR) is 116 cm³/mol. The molecule has 0 radical (unpaired) electrons. The van der Waals surface area contributed by atoms with Crippen molar-refractivity contribution in [2.75, 3.05) is 27.3 Å². The number of hydrogen-bond donors (Lipinski definition) is 1. The molecule has 1 saturated heterocycles. The average molecular weight is 420 g/mol. The maximum atomic E-state index is 13.7. The molecule has 2 aromatic rings. The summed E-state index contributed by atoms with van der Waals surface area (Å²) in [5.41, 5.74) is 3.08. The van der Waals surface area contributed by atoms with Gasteiger partial charge in [-0.15, -0.1) is 0 Å². The molecule has 2 aliphatic heterocycles. The normalized spacial score (nSPS) is 28.2. The van der Waals surface area contributed by atoms with E-state index in [0.29, 0.717) is 17.9 Å². The van der Waals surface area contributed by atoms with Gasteiger partial charge in [-0.25, -0.2) is 4.57 Å². The Morgan fingerprint density at radius 1 is 1.31 bits per heavy atom. The topological polar surface area (TPSA) is 63.9 Å². The van der Waals surface area contributed by atoms with Gasteiger partial charge in [-0.05, 0) is 48.4 Å². The second-order valence-corrected chi connectivity index (χ2v) is 10.8. The molecule has 1 unspecified atom stereocenters. The number of fused-ring (bicyclic) bond motifs is 6. The molecule has 5 atom stereocenters. The van der Waals surface area contributed by atoms with Gasteiger partial charge in [-0.1, -0.05) is 27.2 Å². The van der Waals surface area contributed by atoms with Crippen molar-refractivity contribution in [1.29, 1.82) is 0 Å². The Kier molecular flexibility index (Phi) is 5.58. The molecule has 3 heterocycles. The number of aromatic nitrogens is 1. The molecule has 0 saturated carbocycles. The van der Waals surface area contributed by atoms with E-state index in [9.17, 15) is 9.67 Å². The Morgan fingerprint density at radius 2 is 2.03 bits per heavy atom. The molecule has 2 bridgehead atoms. The van der Waals surface area contributed by atoms with E-state index in [1.54, 1.807) is 12.1 Å². The van der Waals surface area contributed by atoms with Gasteiger partial charge in [-0.2, -0.15) is 0 Å². The minimum absolute atomic E-state index is 0.224. The van der Waals surface area contributed by atoms with Crippen LogP contribution in [0, 0.1) is 11.8 Å². The Hall–Kier alpha value is -1.33. The van der Waals surface area contributed by atoms with Crippen molar-refractivity contribution >= 4 is 18.6 Å². The fourth-order valence-electron chi connectivity index (χ4n) is 5.68. The van der Waals surface area contributed by atoms with Crippen molar-refractivity contribution in [1.82, 2.24) is 9.24 Å². The van der Waals surface area contributed by atoms with Crippen LogP contribution in [0.1, 0.15) is 50.8 Å². The largest absolute Gasteiger partial charge is 0.508 e. The predicted octanol–water partition coefficient (Wildman–Crippen LogP) is 4.99. The van der Waals surface area contributed by atoms with Crippen molar-refractivity contribution < 1.29 is 18.7 Å². The zero-order valence-electron chi connectivity index (χ0n) is 18.1. The van der Waals surface area contributed by atoms with Crippen molar-refractivity contribution in [3.63, 3.8) is 0 Å². The number of aromatic hydroxyl groups is 1. The quantitative estimate of drug-likeness (QED) is 0.691. The van der Waals surface area contributed by atoms with Crippen LogP contribution in [0.25, 0.3) is 10.9 Å². The molecule has 29 heavy (non-hydrogen) atoms. The van der Waals surface area contributed by atoms with E-state index in [1.165, 1.54) is 19.8 Å². The van der Waals surface area contributed by atoms with E-state index in [1.807, 2.05) is 10.4 Å². The van der Waals surface area contributed by atoms with Crippen LogP contribution in [-0.2, 0) is 20.0 Å². The summed E-state index contributed by atoms with van der Waals surface area (Å²) < 4.78 is 26.5. The van der Waals surface area contributed by atoms with E-state index in [-0.39, 0.29) is 11.7 Å². The van der Waals surface area contributed by atoms with Crippen LogP contribution in [0.4, 0.5) is 0 Å². The minimum Gasteiger partial charge on any atom is -0.508 e. The third kappa shape index (κ3) is 3.25. The number of hydrogen-bond acceptors (Lipinski definition) is 5. The summed E-state index contributed by atoms with van der Waals surface area (Å²) in [7, 11) is -0.649. The van der Waals surface area contributed by atoms with Crippen LogP contribution < -0.4 is 0 Å². The van der Waals surface area contributed by atoms with E-state index >= 15 is 0 Å². The molecule has 2 aliphatic rings. The van der Waals surface area contributed by atoms with Gasteiger partial charge in [0.2, 0.25) is 0 Å². The van der Waals surface area contributed by atoms with Gasteiger partial charge in [0.05, 0.1) is 5.52 Å². The number of piperidine rings is 1. The summed E-state index contributed by atoms with van der Waals surface area (Å²) >= 11 is 0. The first-order valence-electron chi connectivity index (χ1n) is 10.7. The van der Waals surface area contributed by atoms with Gasteiger partial charge >= 0.3 is 7.75 Å². The van der Waals surface area contributed by atoms with Crippen LogP contribution in [-0.4, -0.2) is 47.7 Å². The summed E-state index contributed by atoms with van der Waals surface area (Å²) in [5.74, 6) is 1.57. The maximum absolute atomic E-state index is 13.7. The zero-order valence-corrected chi connectivity index (χ0v) is 19.0. The first-order chi connectivity index (χ1) is 13.8. The fraction of sp³-hybridized carbons (Fsp3) is 0.636. The van der Waals surface area contributed by atoms with E-state index in [0.717, 1.165) is 48.9 Å². The van der Waals surface area contributed by atoms with Gasteiger partial charge in [0.25, 0.3) is 0 Å². The molecule has 7 heteroatoms. The molecule has 0 aliphatic carbocycles. The summed E-state index contributed by atoms with van der Waals surface area (Å²) in [4.78, 5) is 2.64. The first-order valence-corrected chi connectivity index (χ1v) is 12.2. The lowest BCUT2D eigenvalue weighted by molar-refractivity contribution is 0.0617. The average Bonchev–Trinajstić information content (AvgIpc) is 2.99. The highest BCUT2D eigenvalue weighted by molar-refractivity contribution is 7.52. The second-order valence-electron chi connectivity index (χ2n) is 8.78. The molecule has 6 nitrogen and oxygen atoms in total. The maximum Gasteiger partial charge on any atom is 0.439 e. The van der Waals surface area contributed by atoms with Crippen molar-refractivity contribution in [3.05, 3.63) is 29.5 Å². The molecule has 1 aromatic heterocycles. The molecular weight excluding hydrogens is 387 g/mol. The number of phenols is 1. The molecule has 1 aromatic carbocycles. The Morgan fingerprint density at radius 3 is 2.69 bits per heavy atom. The third-order valence-corrected chi connectivity index (χ3v) is 8.88. The number of rotatable bonds is 5. The van der Waals surface area contributed by atoms with Crippen LogP contribution in [0.5, 0.6) is 5.75 Å². The minimum atomic E-state index is -3.54. The molecular formula is C22H33N2O4P. The summed E-state index contributed by atoms with van der Waals surface area (Å²) in [6.45, 7) is 8.96. The molecule has 0 amide bonds. The first kappa shape index (κ1) is 20.9. The Bertz CT molecular complexity index is 948. The fourth-order valence-corrected chi connectivity index (χ4v) is 7.13. The monoisotopic (exact) mass is 420 g/mol. The van der Waals surface area contributed by atoms with E-state index in [4.69, 9.17) is 9.05 Å². The van der Waals surface area contributed by atoms with Gasteiger partial charge in [0.15, 0.2) is 0 Å². The summed E-state index contributed by atoms with van der Waals surface area (Å²) in [6.07, 6.45) is 3.02. The SMILES string of the molecule is CC[C@@H](C)C1[C@H]2C[C@H](C)C[N@]1CCc1c2n(P(=O)(OC)OC)c2ccc(O)cc12. The Labute approximate surface area is 173 Å². The van der Waals surface area contributed by atoms with Gasteiger partial charge in [0, 0.05) is 50.3 Å². The summed E-state index contributed by atoms with van der Waals surface area (Å²) in [6, 6.07) is 5.69. The van der Waals surface area contributed by atoms with Crippen LogP contribution in [0.15, 0.2) is 18.2 Å². The molecule has 160 valence electrons. The molecule has 0 spiro atoms. The molecule has 1 N–H and O–H groups in total. The summed E-state index contributed by atoms with van der Waals surface area (Å²) in [5, 5.41) is 11.1. The molecule has 1 fully saturated rings. The zero-order chi connectivity index (χ0) is 20.9. The highest BCUT2D eigenvalue weighted by Gasteiger charge is 2.45. The van der Waals surface area contributed by atoms with E-state index in [2.05, 4.69) is 25.7 Å². The lowest BCUT2D eigenvalue weighted by Gasteiger charge is -2.46. The van der Waals surface area contributed by atoms with Gasteiger partial charge in [-0.3, -0.25) is 18.3 Å². The number of phenolic OH excluding ortho intramolecular Hbond substituents is 1. The second kappa shape index (κ2) is 7.73. The lowest BCUT2D eigenvalue weighted by atomic mass is 9.76. The van der Waals surface area contributed by atoms with Gasteiger partial charge < -0.3 is 5.11 Å². The highest BCUT2D eigenvalue weighted by atomic mass is 31.2. The third-order valence-electron chi connectivity index (χ3n) is 7.04. The number of nitrogens with zero attached hydrogens (tertiary/aromatic N) is 2. The van der Waals surface area contributed by atoms with Gasteiger partial charge in [0.1, 0.15) is 5.75 Å². The van der Waals surface area contributed by atoms with Crippen molar-refractivity contribution in [2.45, 2.75) is 52.0 Å². The standard InChI is InChI=1S/C22H33N2O4P/c1-6-15(3)21-19-11-14(2)13-23(21)10-9-17-18-12-16(25)7-8-20(18)24(22(17)19)29(26,27-4)28-5/h7-8,12,14-15,19,21,25H,6,9-11,13H2,1-5H3/t14-,15+,19+,21?/m0/s1. The smallest absolute Gasteiger partial charge is 0.439 e. The van der Waals surface area contributed by atoms with Crippen LogP contribution in [0.2, 0.25) is 0 Å². The number of benzene rings is 1. The van der Waals surface area contributed by atoms with Crippen LogP contribution >= 0.6 is 7.75 Å². The highest BCUT2D eigenvalue weighted by Crippen LogP contribution is 2.57.